The van der Waals surface area contributed by atoms with Crippen LogP contribution in [0, 0.1) is 0 Å². The van der Waals surface area contributed by atoms with E-state index in [1.165, 1.54) is 12.0 Å². The van der Waals surface area contributed by atoms with E-state index in [4.69, 9.17) is 4.74 Å². The lowest BCUT2D eigenvalue weighted by Crippen LogP contribution is -2.31. The van der Waals surface area contributed by atoms with Gasteiger partial charge in [0.05, 0.1) is 13.7 Å². The van der Waals surface area contributed by atoms with E-state index in [1.54, 1.807) is 18.2 Å². The van der Waals surface area contributed by atoms with Crippen molar-refractivity contribution in [3.63, 3.8) is 0 Å². The van der Waals surface area contributed by atoms with Crippen LogP contribution < -0.4 is 10.1 Å². The van der Waals surface area contributed by atoms with Crippen molar-refractivity contribution in [2.24, 2.45) is 0 Å². The number of ether oxygens (including phenoxy) is 1. The van der Waals surface area contributed by atoms with Crippen molar-refractivity contribution in [3.05, 3.63) is 29.8 Å². The first kappa shape index (κ1) is 15.6. The summed E-state index contributed by atoms with van der Waals surface area (Å²) in [6, 6.07) is 7.14. The number of hydrogen-bond donors (Lipinski definition) is 1. The number of carbonyl (C=O) groups is 1. The van der Waals surface area contributed by atoms with Crippen molar-refractivity contribution in [1.29, 1.82) is 0 Å². The molecule has 7 heteroatoms. The Kier molecular flexibility index (Phi) is 4.72. The average molecular weight is 302 g/mol. The minimum absolute atomic E-state index is 0.0766. The number of nitrogens with zero attached hydrogens (tertiary/aromatic N) is 1. The lowest BCUT2D eigenvalue weighted by atomic mass is 10.1. The molecule has 1 saturated heterocycles. The summed E-state index contributed by atoms with van der Waals surface area (Å²) in [4.78, 5) is 13.3. The van der Waals surface area contributed by atoms with Crippen molar-refractivity contribution < 1.29 is 22.7 Å². The fraction of sp³-hybridized carbons (Fsp3) is 0.500. The molecule has 1 aliphatic heterocycles. The topological polar surface area (TPSA) is 41.6 Å². The Balaban J connectivity index is 2.05. The normalized spacial score (nSPS) is 19.1. The quantitative estimate of drug-likeness (QED) is 0.908. The molecule has 1 fully saturated rings. The van der Waals surface area contributed by atoms with Crippen LogP contribution in [0.1, 0.15) is 24.6 Å². The lowest BCUT2D eigenvalue weighted by molar-refractivity contribution is -0.139. The van der Waals surface area contributed by atoms with Crippen molar-refractivity contribution in [3.8, 4) is 5.75 Å². The van der Waals surface area contributed by atoms with Gasteiger partial charge in [-0.2, -0.15) is 13.2 Å². The van der Waals surface area contributed by atoms with Gasteiger partial charge in [-0.1, -0.05) is 12.1 Å². The molecule has 0 saturated carbocycles. The van der Waals surface area contributed by atoms with Crippen LogP contribution in [-0.4, -0.2) is 37.2 Å². The average Bonchev–Trinajstić information content (AvgIpc) is 2.79. The summed E-state index contributed by atoms with van der Waals surface area (Å²) in [6.07, 6.45) is -5.58. The number of amides is 1. The molecule has 1 amide bonds. The van der Waals surface area contributed by atoms with E-state index in [2.05, 4.69) is 5.32 Å². The van der Waals surface area contributed by atoms with Gasteiger partial charge in [-0.3, -0.25) is 10.1 Å². The predicted octanol–water partition coefficient (Wildman–Crippen LogP) is 2.47. The van der Waals surface area contributed by atoms with Gasteiger partial charge in [0.15, 0.2) is 0 Å². The fourth-order valence-electron chi connectivity index (χ4n) is 2.35. The van der Waals surface area contributed by atoms with Crippen LogP contribution in [-0.2, 0) is 4.79 Å². The summed E-state index contributed by atoms with van der Waals surface area (Å²) < 4.78 is 41.8. The zero-order valence-corrected chi connectivity index (χ0v) is 11.6. The molecule has 1 atom stereocenters. The number of nitrogens with one attached hydrogen (secondary N) is 1. The Labute approximate surface area is 120 Å². The number of hydrogen-bond acceptors (Lipinski definition) is 3. The third kappa shape index (κ3) is 4.10. The van der Waals surface area contributed by atoms with Crippen molar-refractivity contribution in [1.82, 2.24) is 10.2 Å². The molecule has 4 nitrogen and oxygen atoms in total. The Morgan fingerprint density at radius 2 is 2.19 bits per heavy atom. The second kappa shape index (κ2) is 6.34. The van der Waals surface area contributed by atoms with Gasteiger partial charge < -0.3 is 9.64 Å². The van der Waals surface area contributed by atoms with Crippen molar-refractivity contribution in [2.45, 2.75) is 25.2 Å². The van der Waals surface area contributed by atoms with Gasteiger partial charge in [0.1, 0.15) is 11.9 Å². The molecule has 2 rings (SSSR count). The molecule has 1 heterocycles. The molecule has 1 N–H and O–H groups in total. The molecule has 0 aromatic heterocycles. The summed E-state index contributed by atoms with van der Waals surface area (Å²) >= 11 is 0. The second-order valence-corrected chi connectivity index (χ2v) is 4.87. The molecule has 21 heavy (non-hydrogen) atoms. The van der Waals surface area contributed by atoms with Crippen molar-refractivity contribution in [2.75, 3.05) is 20.2 Å². The first-order valence-corrected chi connectivity index (χ1v) is 6.64. The first-order chi connectivity index (χ1) is 9.90. The van der Waals surface area contributed by atoms with Crippen LogP contribution >= 0.6 is 0 Å². The number of halogens is 3. The van der Waals surface area contributed by atoms with Crippen LogP contribution in [0.25, 0.3) is 0 Å². The van der Waals surface area contributed by atoms with Crippen molar-refractivity contribution >= 4 is 5.91 Å². The van der Waals surface area contributed by atoms with Gasteiger partial charge in [0.25, 0.3) is 0 Å². The van der Waals surface area contributed by atoms with Crippen LogP contribution in [0.5, 0.6) is 5.75 Å². The molecule has 1 aliphatic rings. The highest BCUT2D eigenvalue weighted by molar-refractivity contribution is 5.80. The number of alkyl halides is 3. The molecular formula is C14H17F3N2O2. The molecule has 0 spiro atoms. The minimum atomic E-state index is -4.19. The number of benzene rings is 1. The van der Waals surface area contributed by atoms with Gasteiger partial charge in [-0.05, 0) is 24.1 Å². The lowest BCUT2D eigenvalue weighted by Gasteiger charge is -2.25. The number of methoxy groups -OCH3 is 1. The maximum atomic E-state index is 12.2. The monoisotopic (exact) mass is 302 g/mol. The zero-order chi connectivity index (χ0) is 15.5. The third-order valence-electron chi connectivity index (χ3n) is 3.35. The van der Waals surface area contributed by atoms with Gasteiger partial charge in [0.2, 0.25) is 5.91 Å². The second-order valence-electron chi connectivity index (χ2n) is 4.87. The van der Waals surface area contributed by atoms with Crippen LogP contribution in [0.15, 0.2) is 24.3 Å². The van der Waals surface area contributed by atoms with Gasteiger partial charge in [-0.15, -0.1) is 0 Å². The van der Waals surface area contributed by atoms with E-state index >= 15 is 0 Å². The van der Waals surface area contributed by atoms with E-state index in [0.29, 0.717) is 5.75 Å². The van der Waals surface area contributed by atoms with E-state index in [1.807, 2.05) is 6.07 Å². The van der Waals surface area contributed by atoms with Crippen LogP contribution in [0.3, 0.4) is 0 Å². The fourth-order valence-corrected chi connectivity index (χ4v) is 2.35. The summed E-state index contributed by atoms with van der Waals surface area (Å²) in [5.41, 5.74) is 0.798. The summed E-state index contributed by atoms with van der Waals surface area (Å²) in [6.45, 7) is 0.209. The molecular weight excluding hydrogens is 285 g/mol. The predicted molar refractivity (Wildman–Crippen MR) is 70.7 cm³/mol. The maximum absolute atomic E-state index is 12.2. The Hall–Kier alpha value is -1.76. The van der Waals surface area contributed by atoms with Crippen LogP contribution in [0.4, 0.5) is 13.2 Å². The molecule has 1 unspecified atom stereocenters. The standard InChI is InChI=1S/C14H17F3N2O2/c1-21-11-5-2-4-10(8-11)13-18-9-12(20)19(13)7-3-6-14(15,16)17/h2,4-5,8,13,18H,3,6-7,9H2,1H3. The molecule has 116 valence electrons. The number of carbonyl (C=O) groups excluding carboxylic acids is 1. The molecule has 1 aromatic rings. The highest BCUT2D eigenvalue weighted by Crippen LogP contribution is 2.27. The van der Waals surface area contributed by atoms with Gasteiger partial charge in [0, 0.05) is 13.0 Å². The summed E-state index contributed by atoms with van der Waals surface area (Å²) in [7, 11) is 1.54. The highest BCUT2D eigenvalue weighted by Gasteiger charge is 2.33. The van der Waals surface area contributed by atoms with Gasteiger partial charge >= 0.3 is 6.18 Å². The Morgan fingerprint density at radius 3 is 2.86 bits per heavy atom. The summed E-state index contributed by atoms with van der Waals surface area (Å²) in [5, 5.41) is 3.01. The SMILES string of the molecule is COc1cccc(C2NCC(=O)N2CCCC(F)(F)F)c1. The summed E-state index contributed by atoms with van der Waals surface area (Å²) in [5.74, 6) is 0.453. The molecule has 0 radical (unpaired) electrons. The first-order valence-electron chi connectivity index (χ1n) is 6.64. The Morgan fingerprint density at radius 1 is 1.43 bits per heavy atom. The van der Waals surface area contributed by atoms with E-state index in [9.17, 15) is 18.0 Å². The van der Waals surface area contributed by atoms with Gasteiger partial charge in [-0.25, -0.2) is 0 Å². The largest absolute Gasteiger partial charge is 0.497 e. The van der Waals surface area contributed by atoms with Crippen LogP contribution in [0.2, 0.25) is 0 Å². The third-order valence-corrected chi connectivity index (χ3v) is 3.35. The molecule has 1 aromatic carbocycles. The van der Waals surface area contributed by atoms with E-state index in [-0.39, 0.29) is 25.4 Å². The molecule has 0 bridgehead atoms. The minimum Gasteiger partial charge on any atom is -0.497 e. The van der Waals surface area contributed by atoms with E-state index < -0.39 is 18.8 Å². The zero-order valence-electron chi connectivity index (χ0n) is 11.6. The number of rotatable bonds is 5. The maximum Gasteiger partial charge on any atom is 0.389 e. The molecule has 0 aliphatic carbocycles. The smallest absolute Gasteiger partial charge is 0.389 e. The van der Waals surface area contributed by atoms with E-state index in [0.717, 1.165) is 5.56 Å². The highest BCUT2D eigenvalue weighted by atomic mass is 19.4. The Bertz CT molecular complexity index is 505.